The molecule has 2 aliphatic rings. The average molecular weight is 835 g/mol. The first-order valence-electron chi connectivity index (χ1n) is 23.3. The summed E-state index contributed by atoms with van der Waals surface area (Å²) < 4.78 is 0. The Labute approximate surface area is 383 Å². The van der Waals surface area contributed by atoms with Crippen LogP contribution in [0.2, 0.25) is 0 Å². The second-order valence-electron chi connectivity index (χ2n) is 19.8. The third-order valence-electron chi connectivity index (χ3n) is 13.2. The van der Waals surface area contributed by atoms with E-state index in [1.54, 1.807) is 0 Å². The van der Waals surface area contributed by atoms with Gasteiger partial charge in [-0.1, -0.05) is 199 Å². The molecule has 0 saturated carbocycles. The van der Waals surface area contributed by atoms with E-state index in [1.165, 1.54) is 55.9 Å². The van der Waals surface area contributed by atoms with Gasteiger partial charge in [0.05, 0.1) is 6.04 Å². The molecule has 7 aromatic rings. The second kappa shape index (κ2) is 18.2. The van der Waals surface area contributed by atoms with Crippen molar-refractivity contribution in [2.45, 2.75) is 89.5 Å². The molecule has 64 heavy (non-hydrogen) atoms. The van der Waals surface area contributed by atoms with E-state index in [1.807, 2.05) is 0 Å². The molecule has 0 fully saturated rings. The predicted octanol–water partition coefficient (Wildman–Crippen LogP) is 17.2. The quantitative estimate of drug-likeness (QED) is 0.127. The Bertz CT molecular complexity index is 2730. The van der Waals surface area contributed by atoms with E-state index in [4.69, 9.17) is 0 Å². The Balaban J connectivity index is 1.21. The van der Waals surface area contributed by atoms with Crippen LogP contribution < -0.4 is 9.80 Å². The summed E-state index contributed by atoms with van der Waals surface area (Å²) in [6, 6.07) is 67.7. The lowest BCUT2D eigenvalue weighted by molar-refractivity contribution is 0.583. The smallest absolute Gasteiger partial charge is 0.0522 e. The largest absolute Gasteiger partial charge is 0.334 e. The van der Waals surface area contributed by atoms with Crippen molar-refractivity contribution in [1.29, 1.82) is 0 Å². The van der Waals surface area contributed by atoms with E-state index >= 15 is 0 Å². The zero-order chi connectivity index (χ0) is 44.3. The first-order chi connectivity index (χ1) is 31.0. The minimum absolute atomic E-state index is 0.0429. The molecule has 9 rings (SSSR count). The number of anilines is 5. The van der Waals surface area contributed by atoms with Gasteiger partial charge in [0.15, 0.2) is 0 Å². The van der Waals surface area contributed by atoms with E-state index in [0.29, 0.717) is 11.8 Å². The minimum Gasteiger partial charge on any atom is -0.334 e. The predicted molar refractivity (Wildman–Crippen MR) is 275 cm³/mol. The molecule has 0 spiro atoms. The van der Waals surface area contributed by atoms with Gasteiger partial charge in [0.1, 0.15) is 0 Å². The first kappa shape index (κ1) is 42.7. The Kier molecular flexibility index (Phi) is 12.1. The number of hydrogen-bond donors (Lipinski definition) is 0. The molecular weight excluding hydrogens is 773 g/mol. The van der Waals surface area contributed by atoms with Crippen LogP contribution in [-0.4, -0.2) is 6.04 Å². The molecule has 0 aliphatic heterocycles. The van der Waals surface area contributed by atoms with Crippen LogP contribution in [0.5, 0.6) is 0 Å². The highest BCUT2D eigenvalue weighted by molar-refractivity contribution is 5.87. The monoisotopic (exact) mass is 834 g/mol. The molecule has 0 amide bonds. The summed E-state index contributed by atoms with van der Waals surface area (Å²) in [6.07, 6.45) is 15.2. The third kappa shape index (κ3) is 9.48. The topological polar surface area (TPSA) is 6.48 Å². The normalized spacial score (nSPS) is 17.5. The highest BCUT2D eigenvalue weighted by atomic mass is 15.2. The van der Waals surface area contributed by atoms with Crippen LogP contribution in [0.3, 0.4) is 0 Å². The van der Waals surface area contributed by atoms with Crippen LogP contribution in [0.4, 0.5) is 28.4 Å². The van der Waals surface area contributed by atoms with Gasteiger partial charge in [0.2, 0.25) is 0 Å². The summed E-state index contributed by atoms with van der Waals surface area (Å²) in [5.41, 5.74) is 16.1. The van der Waals surface area contributed by atoms with Gasteiger partial charge in [-0.05, 0) is 129 Å². The van der Waals surface area contributed by atoms with Gasteiger partial charge in [0, 0.05) is 40.3 Å². The number of allylic oxidation sites excluding steroid dienone is 5. The summed E-state index contributed by atoms with van der Waals surface area (Å²) in [5.74, 6) is 0.765. The molecule has 2 heteroatoms. The SMILES string of the molecule is CC(C)(C)c1ccc(N(c2ccc(-c3ccccc3)cc2)c2cc(C3=CCC(c4ccccc4)C=C3)cc(N(c3ccc(C(C)(C)C)cc3)C3C=CC(c4ccccc4)CC3)c2)cc1. The van der Waals surface area contributed by atoms with Gasteiger partial charge in [-0.15, -0.1) is 0 Å². The summed E-state index contributed by atoms with van der Waals surface area (Å²) in [4.78, 5) is 5.06. The van der Waals surface area contributed by atoms with Crippen molar-refractivity contribution in [3.63, 3.8) is 0 Å². The molecule has 0 aromatic heterocycles. The van der Waals surface area contributed by atoms with Crippen LogP contribution in [0, 0.1) is 0 Å². The zero-order valence-electron chi connectivity index (χ0n) is 38.5. The van der Waals surface area contributed by atoms with Crippen LogP contribution in [0.25, 0.3) is 16.7 Å². The summed E-state index contributed by atoms with van der Waals surface area (Å²) in [6.45, 7) is 13.8. The molecule has 0 N–H and O–H groups in total. The zero-order valence-corrected chi connectivity index (χ0v) is 38.5. The van der Waals surface area contributed by atoms with E-state index in [9.17, 15) is 0 Å². The lowest BCUT2D eigenvalue weighted by Crippen LogP contribution is -2.32. The molecule has 0 heterocycles. The average Bonchev–Trinajstić information content (AvgIpc) is 3.33. The van der Waals surface area contributed by atoms with Crippen molar-refractivity contribution in [2.24, 2.45) is 0 Å². The second-order valence-corrected chi connectivity index (χ2v) is 19.8. The van der Waals surface area contributed by atoms with Crippen LogP contribution >= 0.6 is 0 Å². The molecule has 3 atom stereocenters. The van der Waals surface area contributed by atoms with Crippen molar-refractivity contribution in [1.82, 2.24) is 0 Å². The molecule has 2 nitrogen and oxygen atoms in total. The fraction of sp³-hybridized carbons (Fsp3) is 0.226. The maximum absolute atomic E-state index is 2.61. The maximum atomic E-state index is 2.61. The van der Waals surface area contributed by atoms with Crippen molar-refractivity contribution in [2.75, 3.05) is 9.80 Å². The van der Waals surface area contributed by atoms with Gasteiger partial charge < -0.3 is 9.80 Å². The molecule has 2 aliphatic carbocycles. The van der Waals surface area contributed by atoms with E-state index in [0.717, 1.165) is 36.3 Å². The van der Waals surface area contributed by atoms with Gasteiger partial charge in [-0.25, -0.2) is 0 Å². The van der Waals surface area contributed by atoms with E-state index < -0.39 is 0 Å². The van der Waals surface area contributed by atoms with Gasteiger partial charge in [0.25, 0.3) is 0 Å². The van der Waals surface area contributed by atoms with E-state index in [2.05, 4.69) is 264 Å². The first-order valence-corrected chi connectivity index (χ1v) is 23.3. The minimum atomic E-state index is 0.0429. The van der Waals surface area contributed by atoms with Crippen molar-refractivity contribution >= 4 is 34.0 Å². The highest BCUT2D eigenvalue weighted by Crippen LogP contribution is 2.44. The highest BCUT2D eigenvalue weighted by Gasteiger charge is 2.27. The van der Waals surface area contributed by atoms with Crippen molar-refractivity contribution < 1.29 is 0 Å². The fourth-order valence-electron chi connectivity index (χ4n) is 9.46. The lowest BCUT2D eigenvalue weighted by Gasteiger charge is -2.37. The molecular formula is C62H62N2. The van der Waals surface area contributed by atoms with Gasteiger partial charge in [-0.3, -0.25) is 0 Å². The molecule has 0 saturated heterocycles. The Morgan fingerprint density at radius 1 is 0.406 bits per heavy atom. The Morgan fingerprint density at radius 3 is 1.42 bits per heavy atom. The van der Waals surface area contributed by atoms with E-state index in [-0.39, 0.29) is 16.9 Å². The summed E-state index contributed by atoms with van der Waals surface area (Å²) >= 11 is 0. The number of nitrogens with zero attached hydrogens (tertiary/aromatic N) is 2. The van der Waals surface area contributed by atoms with Gasteiger partial charge in [-0.2, -0.15) is 0 Å². The third-order valence-corrected chi connectivity index (χ3v) is 13.2. The summed E-state index contributed by atoms with van der Waals surface area (Å²) in [5, 5.41) is 0. The van der Waals surface area contributed by atoms with Crippen molar-refractivity contribution in [3.8, 4) is 11.1 Å². The fourth-order valence-corrected chi connectivity index (χ4v) is 9.46. The van der Waals surface area contributed by atoms with Crippen molar-refractivity contribution in [3.05, 3.63) is 240 Å². The molecule has 0 bridgehead atoms. The molecule has 0 radical (unpaired) electrons. The number of benzene rings is 7. The molecule has 3 unspecified atom stereocenters. The van der Waals surface area contributed by atoms with Crippen LogP contribution in [0.1, 0.15) is 100 Å². The maximum Gasteiger partial charge on any atom is 0.0522 e. The van der Waals surface area contributed by atoms with Crippen LogP contribution in [0.15, 0.2) is 212 Å². The van der Waals surface area contributed by atoms with Crippen LogP contribution in [-0.2, 0) is 10.8 Å². The van der Waals surface area contributed by atoms with Gasteiger partial charge >= 0.3 is 0 Å². The number of hydrogen-bond acceptors (Lipinski definition) is 2. The number of rotatable bonds is 10. The Morgan fingerprint density at radius 2 is 0.906 bits per heavy atom. The standard InChI is InChI=1S/C62H62N2/c1-61(2,3)53-30-38-57(39-31-53)63(55-34-26-49(27-35-55)46-18-12-8-13-19-46)59-42-52(51-24-22-48(23-25-51)45-16-10-7-11-17-45)43-60(44-59)64(58-40-32-54(33-41-58)62(4,5)6)56-36-28-50(29-37-56)47-20-14-9-15-21-47/h7-22,24-28,30-36,38-44,48,50,56H,23,29,37H2,1-6H3. The molecule has 7 aromatic carbocycles. The lowest BCUT2D eigenvalue weighted by atomic mass is 9.85. The Hall–Kier alpha value is -6.64. The summed E-state index contributed by atoms with van der Waals surface area (Å²) in [7, 11) is 0. The molecule has 320 valence electrons.